The summed E-state index contributed by atoms with van der Waals surface area (Å²) in [6, 6.07) is 18.2. The first-order chi connectivity index (χ1) is 17.5. The third kappa shape index (κ3) is 8.18. The summed E-state index contributed by atoms with van der Waals surface area (Å²) < 4.78 is 29.4. The van der Waals surface area contributed by atoms with Crippen LogP contribution in [-0.4, -0.2) is 75.0 Å². The van der Waals surface area contributed by atoms with Crippen LogP contribution in [0.2, 0.25) is 18.1 Å². The zero-order chi connectivity index (χ0) is 27.1. The van der Waals surface area contributed by atoms with Crippen LogP contribution in [-0.2, 0) is 30.0 Å². The summed E-state index contributed by atoms with van der Waals surface area (Å²) in [7, 11) is -2.14. The van der Waals surface area contributed by atoms with Gasteiger partial charge in [0, 0.05) is 0 Å². The molecule has 2 N–H and O–H groups in total. The van der Waals surface area contributed by atoms with Crippen molar-refractivity contribution in [2.45, 2.75) is 76.2 Å². The molecular weight excluding hydrogens is 492 g/mol. The first kappa shape index (κ1) is 29.4. The van der Waals surface area contributed by atoms with Gasteiger partial charge < -0.3 is 33.6 Å². The molecule has 0 bridgehead atoms. The summed E-state index contributed by atoms with van der Waals surface area (Å²) in [4.78, 5) is 12.7. The second-order valence-corrected chi connectivity index (χ2v) is 15.5. The molecule has 1 fully saturated rings. The Hall–Kier alpha value is -2.11. The van der Waals surface area contributed by atoms with Crippen LogP contribution < -0.4 is 0 Å². The number of benzene rings is 2. The molecule has 1 saturated heterocycles. The predicted molar refractivity (Wildman–Crippen MR) is 142 cm³/mol. The standard InChI is InChI=1S/C28H40O8Si/c1-28(2,3)37(4,5)34-19-22-23(29)24(30)25(36-26(31)21-14-10-7-11-15-21)27(35-22)33-17-16-32-18-20-12-8-6-9-13-20/h6-15,22-25,27,29-30H,16-19H2,1-5H3. The lowest BCUT2D eigenvalue weighted by Gasteiger charge is -2.43. The summed E-state index contributed by atoms with van der Waals surface area (Å²) in [6.45, 7) is 11.5. The van der Waals surface area contributed by atoms with E-state index < -0.39 is 45.0 Å². The van der Waals surface area contributed by atoms with Crippen molar-refractivity contribution in [3.05, 3.63) is 71.8 Å². The van der Waals surface area contributed by atoms with Crippen molar-refractivity contribution >= 4 is 14.3 Å². The maximum absolute atomic E-state index is 12.7. The van der Waals surface area contributed by atoms with Gasteiger partial charge in [-0.2, -0.15) is 0 Å². The Morgan fingerprint density at radius 3 is 2.19 bits per heavy atom. The molecule has 37 heavy (non-hydrogen) atoms. The maximum Gasteiger partial charge on any atom is 0.338 e. The van der Waals surface area contributed by atoms with E-state index in [1.165, 1.54) is 0 Å². The van der Waals surface area contributed by atoms with Crippen LogP contribution in [0.5, 0.6) is 0 Å². The molecule has 0 saturated carbocycles. The molecule has 2 aromatic carbocycles. The number of ether oxygens (including phenoxy) is 4. The van der Waals surface area contributed by atoms with Crippen LogP contribution in [0, 0.1) is 0 Å². The fourth-order valence-electron chi connectivity index (χ4n) is 3.56. The Bertz CT molecular complexity index is 963. The van der Waals surface area contributed by atoms with E-state index in [2.05, 4.69) is 33.9 Å². The van der Waals surface area contributed by atoms with E-state index in [9.17, 15) is 15.0 Å². The number of aliphatic hydroxyl groups excluding tert-OH is 2. The quantitative estimate of drug-likeness (QED) is 0.255. The number of aliphatic hydroxyl groups is 2. The van der Waals surface area contributed by atoms with Crippen LogP contribution >= 0.6 is 0 Å². The number of carbonyl (C=O) groups excluding carboxylic acids is 1. The Morgan fingerprint density at radius 2 is 1.57 bits per heavy atom. The average Bonchev–Trinajstić information content (AvgIpc) is 2.87. The van der Waals surface area contributed by atoms with Crippen LogP contribution in [0.4, 0.5) is 0 Å². The molecule has 9 heteroatoms. The van der Waals surface area contributed by atoms with Gasteiger partial charge in [-0.25, -0.2) is 4.79 Å². The van der Waals surface area contributed by atoms with Crippen molar-refractivity contribution in [2.75, 3.05) is 19.8 Å². The van der Waals surface area contributed by atoms with Gasteiger partial charge in [0.25, 0.3) is 0 Å². The third-order valence-electron chi connectivity index (χ3n) is 6.93. The van der Waals surface area contributed by atoms with E-state index in [1.54, 1.807) is 30.3 Å². The summed E-state index contributed by atoms with van der Waals surface area (Å²) in [5.41, 5.74) is 1.35. The minimum Gasteiger partial charge on any atom is -0.450 e. The van der Waals surface area contributed by atoms with Gasteiger partial charge in [-0.3, -0.25) is 0 Å². The lowest BCUT2D eigenvalue weighted by molar-refractivity contribution is -0.300. The second-order valence-electron chi connectivity index (χ2n) is 10.7. The minimum atomic E-state index is -2.14. The van der Waals surface area contributed by atoms with Gasteiger partial charge in [0.1, 0.15) is 18.3 Å². The van der Waals surface area contributed by atoms with E-state index in [0.717, 1.165) is 5.56 Å². The minimum absolute atomic E-state index is 0.0367. The van der Waals surface area contributed by atoms with Gasteiger partial charge in [0.05, 0.1) is 32.0 Å². The largest absolute Gasteiger partial charge is 0.450 e. The number of rotatable bonds is 11. The first-order valence-corrected chi connectivity index (χ1v) is 15.6. The van der Waals surface area contributed by atoms with Crippen molar-refractivity contribution in [3.63, 3.8) is 0 Å². The van der Waals surface area contributed by atoms with E-state index in [0.29, 0.717) is 12.2 Å². The Balaban J connectivity index is 1.65. The highest BCUT2D eigenvalue weighted by molar-refractivity contribution is 6.74. The van der Waals surface area contributed by atoms with Crippen molar-refractivity contribution < 1.29 is 38.4 Å². The maximum atomic E-state index is 12.7. The summed E-state index contributed by atoms with van der Waals surface area (Å²) in [5, 5.41) is 21.7. The lowest BCUT2D eigenvalue weighted by Crippen LogP contribution is -2.61. The Labute approximate surface area is 220 Å². The molecule has 5 unspecified atom stereocenters. The molecule has 0 spiro atoms. The molecule has 204 valence electrons. The normalized spacial score (nSPS) is 24.6. The lowest BCUT2D eigenvalue weighted by atomic mass is 9.99. The number of esters is 1. The highest BCUT2D eigenvalue weighted by atomic mass is 28.4. The summed E-state index contributed by atoms with van der Waals surface area (Å²) >= 11 is 0. The molecule has 0 amide bonds. The fourth-order valence-corrected chi connectivity index (χ4v) is 4.58. The monoisotopic (exact) mass is 532 g/mol. The number of hydrogen-bond donors (Lipinski definition) is 2. The molecule has 1 heterocycles. The molecule has 8 nitrogen and oxygen atoms in total. The van der Waals surface area contributed by atoms with Crippen LogP contribution in [0.3, 0.4) is 0 Å². The van der Waals surface area contributed by atoms with Gasteiger partial charge in [-0.15, -0.1) is 0 Å². The topological polar surface area (TPSA) is 104 Å². The third-order valence-corrected chi connectivity index (χ3v) is 11.4. The molecule has 0 aromatic heterocycles. The van der Waals surface area contributed by atoms with Crippen molar-refractivity contribution in [3.8, 4) is 0 Å². The van der Waals surface area contributed by atoms with Crippen LogP contribution in [0.1, 0.15) is 36.7 Å². The van der Waals surface area contributed by atoms with Crippen LogP contribution in [0.15, 0.2) is 60.7 Å². The highest BCUT2D eigenvalue weighted by Gasteiger charge is 2.48. The fraction of sp³-hybridized carbons (Fsp3) is 0.536. The van der Waals surface area contributed by atoms with Gasteiger partial charge in [0.15, 0.2) is 20.7 Å². The molecule has 5 atom stereocenters. The average molecular weight is 533 g/mol. The van der Waals surface area contributed by atoms with Gasteiger partial charge in [-0.05, 0) is 35.8 Å². The number of hydrogen-bond acceptors (Lipinski definition) is 8. The molecule has 2 aromatic rings. The van der Waals surface area contributed by atoms with E-state index in [1.807, 2.05) is 30.3 Å². The van der Waals surface area contributed by atoms with Gasteiger partial charge >= 0.3 is 5.97 Å². The van der Waals surface area contributed by atoms with Gasteiger partial charge in [-0.1, -0.05) is 69.3 Å². The zero-order valence-corrected chi connectivity index (χ0v) is 23.3. The summed E-state index contributed by atoms with van der Waals surface area (Å²) in [6.07, 6.45) is -5.96. The van der Waals surface area contributed by atoms with E-state index in [-0.39, 0.29) is 24.9 Å². The van der Waals surface area contributed by atoms with Crippen LogP contribution in [0.25, 0.3) is 0 Å². The SMILES string of the molecule is CC(C)(C)[Si](C)(C)OCC1OC(OCCOCc2ccccc2)C(OC(=O)c2ccccc2)C(O)C1O. The predicted octanol–water partition coefficient (Wildman–Crippen LogP) is 3.91. The molecule has 0 radical (unpaired) electrons. The van der Waals surface area contributed by atoms with Crippen molar-refractivity contribution in [1.82, 2.24) is 0 Å². The van der Waals surface area contributed by atoms with Gasteiger partial charge in [0.2, 0.25) is 0 Å². The van der Waals surface area contributed by atoms with Crippen molar-refractivity contribution in [1.29, 1.82) is 0 Å². The molecule has 0 aliphatic carbocycles. The summed E-state index contributed by atoms with van der Waals surface area (Å²) in [5.74, 6) is -0.648. The zero-order valence-electron chi connectivity index (χ0n) is 22.3. The Morgan fingerprint density at radius 1 is 0.946 bits per heavy atom. The molecule has 1 aliphatic rings. The Kier molecular flexibility index (Phi) is 10.4. The molecular formula is C28H40O8Si. The molecule has 3 rings (SSSR count). The van der Waals surface area contributed by atoms with E-state index >= 15 is 0 Å². The second kappa shape index (κ2) is 13.1. The van der Waals surface area contributed by atoms with Crippen molar-refractivity contribution in [2.24, 2.45) is 0 Å². The smallest absolute Gasteiger partial charge is 0.338 e. The number of carbonyl (C=O) groups is 1. The van der Waals surface area contributed by atoms with E-state index in [4.69, 9.17) is 23.4 Å². The molecule has 1 aliphatic heterocycles. The first-order valence-electron chi connectivity index (χ1n) is 12.6. The highest BCUT2D eigenvalue weighted by Crippen LogP contribution is 2.37.